The van der Waals surface area contributed by atoms with Crippen LogP contribution in [0, 0.1) is 0 Å². The SMILES string of the molecule is CCN1CCN(CCCCNC(=O)N2CCN(CC)CC2)CC1. The number of nitrogens with zero attached hydrogens (tertiary/aromatic N) is 4. The zero-order valence-electron chi connectivity index (χ0n) is 15.1. The van der Waals surface area contributed by atoms with Crippen LogP contribution in [0.4, 0.5) is 4.79 Å². The Morgan fingerprint density at radius 3 is 1.87 bits per heavy atom. The lowest BCUT2D eigenvalue weighted by molar-refractivity contribution is 0.134. The van der Waals surface area contributed by atoms with E-state index in [9.17, 15) is 4.79 Å². The molecule has 2 amide bonds. The fourth-order valence-corrected chi connectivity index (χ4v) is 3.36. The molecule has 2 fully saturated rings. The van der Waals surface area contributed by atoms with Crippen LogP contribution in [0.1, 0.15) is 26.7 Å². The highest BCUT2D eigenvalue weighted by atomic mass is 16.2. The normalized spacial score (nSPS) is 21.6. The summed E-state index contributed by atoms with van der Waals surface area (Å²) in [6.07, 6.45) is 2.25. The van der Waals surface area contributed by atoms with Gasteiger partial charge < -0.3 is 24.9 Å². The molecule has 0 aromatic heterocycles. The van der Waals surface area contributed by atoms with Gasteiger partial charge in [0.2, 0.25) is 0 Å². The Morgan fingerprint density at radius 2 is 1.30 bits per heavy atom. The number of unbranched alkanes of at least 4 members (excludes halogenated alkanes) is 1. The van der Waals surface area contributed by atoms with Gasteiger partial charge in [-0.25, -0.2) is 4.79 Å². The second-order valence-electron chi connectivity index (χ2n) is 6.64. The van der Waals surface area contributed by atoms with Crippen LogP contribution >= 0.6 is 0 Å². The Morgan fingerprint density at radius 1 is 0.783 bits per heavy atom. The number of nitrogens with one attached hydrogen (secondary N) is 1. The standard InChI is InChI=1S/C17H35N5O/c1-3-19-9-11-21(12-10-19)8-6-5-7-18-17(23)22-15-13-20(4-2)14-16-22/h3-16H2,1-2H3,(H,18,23). The topological polar surface area (TPSA) is 42.1 Å². The maximum Gasteiger partial charge on any atom is 0.317 e. The minimum Gasteiger partial charge on any atom is -0.338 e. The average molecular weight is 326 g/mol. The molecule has 0 saturated carbocycles. The van der Waals surface area contributed by atoms with Gasteiger partial charge in [-0.1, -0.05) is 13.8 Å². The molecule has 0 spiro atoms. The van der Waals surface area contributed by atoms with Gasteiger partial charge in [-0.05, 0) is 32.5 Å². The van der Waals surface area contributed by atoms with E-state index in [0.717, 1.165) is 45.7 Å². The van der Waals surface area contributed by atoms with Crippen LogP contribution in [0.2, 0.25) is 0 Å². The molecule has 2 heterocycles. The van der Waals surface area contributed by atoms with Gasteiger partial charge >= 0.3 is 6.03 Å². The Kier molecular flexibility index (Phi) is 8.12. The fraction of sp³-hybridized carbons (Fsp3) is 0.941. The van der Waals surface area contributed by atoms with Crippen LogP contribution in [0.5, 0.6) is 0 Å². The second-order valence-corrected chi connectivity index (χ2v) is 6.64. The highest BCUT2D eigenvalue weighted by molar-refractivity contribution is 5.74. The van der Waals surface area contributed by atoms with Crippen molar-refractivity contribution in [2.45, 2.75) is 26.7 Å². The molecule has 2 aliphatic heterocycles. The van der Waals surface area contributed by atoms with E-state index >= 15 is 0 Å². The summed E-state index contributed by atoms with van der Waals surface area (Å²) in [5, 5.41) is 3.08. The first-order valence-electron chi connectivity index (χ1n) is 9.42. The maximum absolute atomic E-state index is 12.1. The smallest absolute Gasteiger partial charge is 0.317 e. The maximum atomic E-state index is 12.1. The van der Waals surface area contributed by atoms with Crippen molar-refractivity contribution in [3.63, 3.8) is 0 Å². The average Bonchev–Trinajstić information content (AvgIpc) is 2.62. The largest absolute Gasteiger partial charge is 0.338 e. The Hall–Kier alpha value is -0.850. The molecule has 23 heavy (non-hydrogen) atoms. The molecule has 0 bridgehead atoms. The third-order valence-corrected chi connectivity index (χ3v) is 5.20. The molecule has 6 nitrogen and oxygen atoms in total. The lowest BCUT2D eigenvalue weighted by Gasteiger charge is -2.34. The first-order chi connectivity index (χ1) is 11.2. The number of rotatable bonds is 7. The number of urea groups is 1. The number of hydrogen-bond acceptors (Lipinski definition) is 4. The summed E-state index contributed by atoms with van der Waals surface area (Å²) in [6, 6.07) is 0.123. The van der Waals surface area contributed by atoms with E-state index in [1.54, 1.807) is 0 Å². The van der Waals surface area contributed by atoms with Gasteiger partial charge in [0.1, 0.15) is 0 Å². The summed E-state index contributed by atoms with van der Waals surface area (Å²) < 4.78 is 0. The van der Waals surface area contributed by atoms with Crippen LogP contribution in [0.25, 0.3) is 0 Å². The Bertz CT molecular complexity index is 336. The summed E-state index contributed by atoms with van der Waals surface area (Å²) in [4.78, 5) is 21.5. The van der Waals surface area contributed by atoms with Crippen LogP contribution in [-0.4, -0.2) is 104 Å². The number of carbonyl (C=O) groups excluding carboxylic acids is 1. The van der Waals surface area contributed by atoms with Crippen molar-refractivity contribution in [3.05, 3.63) is 0 Å². The van der Waals surface area contributed by atoms with Gasteiger partial charge in [0.15, 0.2) is 0 Å². The van der Waals surface area contributed by atoms with Crippen molar-refractivity contribution < 1.29 is 4.79 Å². The molecule has 0 aliphatic carbocycles. The van der Waals surface area contributed by atoms with E-state index in [0.29, 0.717) is 0 Å². The summed E-state index contributed by atoms with van der Waals surface area (Å²) >= 11 is 0. The Labute approximate surface area is 141 Å². The van der Waals surface area contributed by atoms with Crippen LogP contribution in [0.3, 0.4) is 0 Å². The fourth-order valence-electron chi connectivity index (χ4n) is 3.36. The lowest BCUT2D eigenvalue weighted by Crippen LogP contribution is -2.51. The minimum atomic E-state index is 0.123. The number of amides is 2. The number of piperazine rings is 2. The van der Waals surface area contributed by atoms with Crippen LogP contribution in [0.15, 0.2) is 0 Å². The van der Waals surface area contributed by atoms with Crippen molar-refractivity contribution in [1.29, 1.82) is 0 Å². The van der Waals surface area contributed by atoms with E-state index in [-0.39, 0.29) is 6.03 Å². The van der Waals surface area contributed by atoms with Crippen molar-refractivity contribution in [2.24, 2.45) is 0 Å². The van der Waals surface area contributed by atoms with Gasteiger partial charge in [-0.3, -0.25) is 0 Å². The molecule has 134 valence electrons. The molecular weight excluding hydrogens is 290 g/mol. The van der Waals surface area contributed by atoms with Gasteiger partial charge in [0, 0.05) is 58.9 Å². The zero-order valence-corrected chi connectivity index (χ0v) is 15.1. The van der Waals surface area contributed by atoms with Crippen molar-refractivity contribution in [3.8, 4) is 0 Å². The van der Waals surface area contributed by atoms with Gasteiger partial charge in [-0.15, -0.1) is 0 Å². The van der Waals surface area contributed by atoms with E-state index in [1.165, 1.54) is 45.7 Å². The minimum absolute atomic E-state index is 0.123. The molecule has 2 rings (SSSR count). The number of carbonyl (C=O) groups is 1. The summed E-state index contributed by atoms with van der Waals surface area (Å²) in [6.45, 7) is 17.2. The van der Waals surface area contributed by atoms with E-state index in [2.05, 4.69) is 33.9 Å². The summed E-state index contributed by atoms with van der Waals surface area (Å²) in [5.41, 5.74) is 0. The molecule has 2 saturated heterocycles. The molecule has 0 aromatic carbocycles. The molecule has 6 heteroatoms. The van der Waals surface area contributed by atoms with E-state index in [1.807, 2.05) is 4.90 Å². The van der Waals surface area contributed by atoms with E-state index < -0.39 is 0 Å². The van der Waals surface area contributed by atoms with Crippen molar-refractivity contribution in [1.82, 2.24) is 24.9 Å². The molecule has 0 unspecified atom stereocenters. The predicted molar refractivity (Wildman–Crippen MR) is 94.9 cm³/mol. The number of likely N-dealkylation sites (N-methyl/N-ethyl adjacent to an activating group) is 2. The number of hydrogen-bond donors (Lipinski definition) is 1. The molecule has 0 radical (unpaired) electrons. The second kappa shape index (κ2) is 10.1. The quantitative estimate of drug-likeness (QED) is 0.702. The molecule has 0 aromatic rings. The molecule has 2 aliphatic rings. The lowest BCUT2D eigenvalue weighted by atomic mass is 10.2. The predicted octanol–water partition coefficient (Wildman–Crippen LogP) is 0.751. The highest BCUT2D eigenvalue weighted by Crippen LogP contribution is 2.04. The van der Waals surface area contributed by atoms with Crippen LogP contribution < -0.4 is 5.32 Å². The first-order valence-corrected chi connectivity index (χ1v) is 9.42. The molecule has 1 N–H and O–H groups in total. The highest BCUT2D eigenvalue weighted by Gasteiger charge is 2.19. The molecular formula is C17H35N5O. The van der Waals surface area contributed by atoms with Gasteiger partial charge in [0.25, 0.3) is 0 Å². The third-order valence-electron chi connectivity index (χ3n) is 5.20. The van der Waals surface area contributed by atoms with Crippen molar-refractivity contribution >= 4 is 6.03 Å². The summed E-state index contributed by atoms with van der Waals surface area (Å²) in [5.74, 6) is 0. The monoisotopic (exact) mass is 325 g/mol. The first kappa shape index (κ1) is 18.5. The molecule has 0 atom stereocenters. The Balaban J connectivity index is 1.48. The van der Waals surface area contributed by atoms with Gasteiger partial charge in [-0.2, -0.15) is 0 Å². The zero-order chi connectivity index (χ0) is 16.5. The third kappa shape index (κ3) is 6.28. The van der Waals surface area contributed by atoms with E-state index in [4.69, 9.17) is 0 Å². The van der Waals surface area contributed by atoms with Crippen molar-refractivity contribution in [2.75, 3.05) is 78.5 Å². The van der Waals surface area contributed by atoms with Crippen LogP contribution in [-0.2, 0) is 0 Å². The summed E-state index contributed by atoms with van der Waals surface area (Å²) in [7, 11) is 0. The van der Waals surface area contributed by atoms with Gasteiger partial charge in [0.05, 0.1) is 0 Å².